The van der Waals surface area contributed by atoms with Crippen LogP contribution >= 0.6 is 11.3 Å². The smallest absolute Gasteiger partial charge is 0.341 e. The second kappa shape index (κ2) is 6.24. The third-order valence-corrected chi connectivity index (χ3v) is 3.99. The molecular formula is C15H17FN2O2S. The second-order valence-electron chi connectivity index (χ2n) is 4.88. The Morgan fingerprint density at radius 2 is 1.95 bits per heavy atom. The number of rotatable bonds is 4. The number of halogens is 1. The Balaban J connectivity index is 2.63. The van der Waals surface area contributed by atoms with Crippen LogP contribution in [-0.2, 0) is 11.3 Å². The van der Waals surface area contributed by atoms with Crippen LogP contribution in [0.1, 0.15) is 15.2 Å². The summed E-state index contributed by atoms with van der Waals surface area (Å²) in [4.78, 5) is 14.9. The molecule has 0 saturated carbocycles. The van der Waals surface area contributed by atoms with E-state index in [0.717, 1.165) is 16.0 Å². The third-order valence-electron chi connectivity index (χ3n) is 2.99. The number of nitrogen functional groups attached to an aromatic ring is 1. The van der Waals surface area contributed by atoms with Gasteiger partial charge in [-0.2, -0.15) is 0 Å². The lowest BCUT2D eigenvalue weighted by Gasteiger charge is -2.11. The van der Waals surface area contributed by atoms with E-state index < -0.39 is 5.97 Å². The van der Waals surface area contributed by atoms with Crippen molar-refractivity contribution in [2.24, 2.45) is 0 Å². The van der Waals surface area contributed by atoms with Crippen LogP contribution in [0.25, 0.3) is 11.1 Å². The average Bonchev–Trinajstić information content (AvgIpc) is 2.74. The minimum atomic E-state index is -0.479. The number of nitrogens with two attached hydrogens (primary N) is 1. The van der Waals surface area contributed by atoms with Crippen LogP contribution in [0.5, 0.6) is 0 Å². The van der Waals surface area contributed by atoms with E-state index in [9.17, 15) is 9.18 Å². The summed E-state index contributed by atoms with van der Waals surface area (Å²) in [7, 11) is 5.18. The Labute approximate surface area is 126 Å². The number of hydrogen-bond acceptors (Lipinski definition) is 5. The van der Waals surface area contributed by atoms with Crippen LogP contribution in [-0.4, -0.2) is 32.1 Å². The van der Waals surface area contributed by atoms with Gasteiger partial charge in [-0.15, -0.1) is 11.3 Å². The van der Waals surface area contributed by atoms with Gasteiger partial charge < -0.3 is 15.4 Å². The number of benzene rings is 1. The van der Waals surface area contributed by atoms with Gasteiger partial charge in [-0.1, -0.05) is 12.1 Å². The van der Waals surface area contributed by atoms with Gasteiger partial charge in [0.25, 0.3) is 0 Å². The van der Waals surface area contributed by atoms with Gasteiger partial charge in [0.15, 0.2) is 0 Å². The first-order chi connectivity index (χ1) is 9.93. The van der Waals surface area contributed by atoms with Crippen LogP contribution in [0.4, 0.5) is 9.39 Å². The zero-order valence-electron chi connectivity index (χ0n) is 12.1. The lowest BCUT2D eigenvalue weighted by Crippen LogP contribution is -2.11. The number of nitrogens with zero attached hydrogens (tertiary/aromatic N) is 1. The second-order valence-corrected chi connectivity index (χ2v) is 6.01. The molecule has 0 amide bonds. The number of thiophene rings is 1. The van der Waals surface area contributed by atoms with Crippen molar-refractivity contribution in [3.05, 3.63) is 40.5 Å². The molecule has 0 fully saturated rings. The molecule has 21 heavy (non-hydrogen) atoms. The van der Waals surface area contributed by atoms with Gasteiger partial charge in [-0.3, -0.25) is 0 Å². The van der Waals surface area contributed by atoms with E-state index >= 15 is 0 Å². The Kier molecular flexibility index (Phi) is 4.59. The number of carbonyl (C=O) groups is 1. The summed E-state index contributed by atoms with van der Waals surface area (Å²) in [5.74, 6) is -0.802. The first-order valence-electron chi connectivity index (χ1n) is 6.34. The summed E-state index contributed by atoms with van der Waals surface area (Å²) in [6, 6.07) is 6.01. The van der Waals surface area contributed by atoms with Gasteiger partial charge in [-0.05, 0) is 31.8 Å². The normalized spacial score (nSPS) is 10.9. The molecule has 2 N–H and O–H groups in total. The predicted molar refractivity (Wildman–Crippen MR) is 82.9 cm³/mol. The Hall–Kier alpha value is -1.92. The first kappa shape index (κ1) is 15.5. The van der Waals surface area contributed by atoms with Gasteiger partial charge in [0.1, 0.15) is 16.4 Å². The Morgan fingerprint density at radius 1 is 1.33 bits per heavy atom. The predicted octanol–water partition coefficient (Wildman–Crippen LogP) is 2.98. The molecule has 1 heterocycles. The van der Waals surface area contributed by atoms with E-state index in [2.05, 4.69) is 0 Å². The van der Waals surface area contributed by atoms with Crippen LogP contribution < -0.4 is 5.73 Å². The van der Waals surface area contributed by atoms with Gasteiger partial charge in [0, 0.05) is 17.0 Å². The summed E-state index contributed by atoms with van der Waals surface area (Å²) >= 11 is 1.35. The molecule has 112 valence electrons. The maximum Gasteiger partial charge on any atom is 0.341 e. The lowest BCUT2D eigenvalue weighted by molar-refractivity contribution is 0.0603. The van der Waals surface area contributed by atoms with Crippen molar-refractivity contribution in [3.63, 3.8) is 0 Å². The molecule has 4 nitrogen and oxygen atoms in total. The number of esters is 1. The topological polar surface area (TPSA) is 55.6 Å². The van der Waals surface area contributed by atoms with E-state index in [1.54, 1.807) is 12.1 Å². The molecule has 0 radical (unpaired) electrons. The monoisotopic (exact) mass is 308 g/mol. The first-order valence-corrected chi connectivity index (χ1v) is 7.15. The minimum absolute atomic E-state index is 0.323. The average molecular weight is 308 g/mol. The highest BCUT2D eigenvalue weighted by atomic mass is 32.1. The number of methoxy groups -OCH3 is 1. The van der Waals surface area contributed by atoms with Gasteiger partial charge in [-0.25, -0.2) is 9.18 Å². The molecule has 0 aliphatic rings. The van der Waals surface area contributed by atoms with Crippen molar-refractivity contribution in [3.8, 4) is 11.1 Å². The number of hydrogen-bond donors (Lipinski definition) is 1. The molecule has 2 rings (SSSR count). The number of ether oxygens (including phenoxy) is 1. The molecular weight excluding hydrogens is 291 g/mol. The maximum atomic E-state index is 13.1. The summed E-state index contributed by atoms with van der Waals surface area (Å²) in [5, 5.41) is 0.415. The number of anilines is 1. The van der Waals surface area contributed by atoms with Crippen molar-refractivity contribution in [2.75, 3.05) is 26.9 Å². The molecule has 6 heteroatoms. The van der Waals surface area contributed by atoms with E-state index in [4.69, 9.17) is 10.5 Å². The summed E-state index contributed by atoms with van der Waals surface area (Å²) in [6.45, 7) is 0.637. The van der Waals surface area contributed by atoms with Crippen molar-refractivity contribution >= 4 is 22.3 Å². The molecule has 1 aromatic heterocycles. The highest BCUT2D eigenvalue weighted by Crippen LogP contribution is 2.39. The molecule has 0 spiro atoms. The van der Waals surface area contributed by atoms with Gasteiger partial charge in [0.05, 0.1) is 7.11 Å². The zero-order valence-corrected chi connectivity index (χ0v) is 13.0. The van der Waals surface area contributed by atoms with Gasteiger partial charge in [0.2, 0.25) is 0 Å². The van der Waals surface area contributed by atoms with E-state index in [-0.39, 0.29) is 5.82 Å². The van der Waals surface area contributed by atoms with Crippen molar-refractivity contribution < 1.29 is 13.9 Å². The standard InChI is InChI=1S/C15H17FN2O2S/c1-18(2)8-11-12(9-4-6-10(16)7-5-9)13(14(17)21-11)15(19)20-3/h4-7H,8,17H2,1-3H3. The van der Waals surface area contributed by atoms with Gasteiger partial charge >= 0.3 is 5.97 Å². The van der Waals surface area contributed by atoms with Crippen molar-refractivity contribution in [1.29, 1.82) is 0 Å². The molecule has 0 unspecified atom stereocenters. The highest BCUT2D eigenvalue weighted by molar-refractivity contribution is 7.17. The van der Waals surface area contributed by atoms with E-state index in [1.165, 1.54) is 30.6 Å². The summed E-state index contributed by atoms with van der Waals surface area (Å²) in [5.41, 5.74) is 7.81. The Bertz CT molecular complexity index is 650. The van der Waals surface area contributed by atoms with Crippen molar-refractivity contribution in [1.82, 2.24) is 4.90 Å². The molecule has 0 atom stereocenters. The fourth-order valence-corrected chi connectivity index (χ4v) is 3.32. The summed E-state index contributed by atoms with van der Waals surface area (Å²) in [6.07, 6.45) is 0. The molecule has 0 aliphatic carbocycles. The largest absolute Gasteiger partial charge is 0.465 e. The Morgan fingerprint density at radius 3 is 2.48 bits per heavy atom. The fraction of sp³-hybridized carbons (Fsp3) is 0.267. The molecule has 0 aliphatic heterocycles. The zero-order chi connectivity index (χ0) is 15.6. The van der Waals surface area contributed by atoms with Crippen LogP contribution in [0.2, 0.25) is 0 Å². The quantitative estimate of drug-likeness (QED) is 0.882. The molecule has 0 bridgehead atoms. The summed E-state index contributed by atoms with van der Waals surface area (Å²) < 4.78 is 17.9. The number of carbonyl (C=O) groups excluding carboxylic acids is 1. The van der Waals surface area contributed by atoms with E-state index in [0.29, 0.717) is 17.1 Å². The molecule has 2 aromatic rings. The van der Waals surface area contributed by atoms with E-state index in [1.807, 2.05) is 19.0 Å². The van der Waals surface area contributed by atoms with Crippen LogP contribution in [0, 0.1) is 5.82 Å². The SMILES string of the molecule is COC(=O)c1c(N)sc(CN(C)C)c1-c1ccc(F)cc1. The van der Waals surface area contributed by atoms with Crippen molar-refractivity contribution in [2.45, 2.75) is 6.54 Å². The van der Waals surface area contributed by atoms with Crippen LogP contribution in [0.15, 0.2) is 24.3 Å². The minimum Gasteiger partial charge on any atom is -0.465 e. The van der Waals surface area contributed by atoms with Crippen LogP contribution in [0.3, 0.4) is 0 Å². The molecule has 1 aromatic carbocycles. The lowest BCUT2D eigenvalue weighted by atomic mass is 10.0. The molecule has 0 saturated heterocycles. The fourth-order valence-electron chi connectivity index (χ4n) is 2.12. The maximum absolute atomic E-state index is 13.1. The third kappa shape index (κ3) is 3.22. The highest BCUT2D eigenvalue weighted by Gasteiger charge is 2.24.